The van der Waals surface area contributed by atoms with Gasteiger partial charge in [-0.3, -0.25) is 14.5 Å². The standard InChI is InChI=1S/C13H16N4O/c1-10(18)13-5-4-12(7-14-13)16(2)8-11-6-15-17(3)9-11/h4-7,9H,8H2,1-3H3. The second kappa shape index (κ2) is 5.00. The quantitative estimate of drug-likeness (QED) is 0.767. The molecule has 0 unspecified atom stereocenters. The van der Waals surface area contributed by atoms with Gasteiger partial charge in [0.05, 0.1) is 18.1 Å². The molecule has 0 bridgehead atoms. The largest absolute Gasteiger partial charge is 0.369 e. The molecule has 0 aliphatic rings. The first-order valence-electron chi connectivity index (χ1n) is 5.72. The molecule has 0 saturated carbocycles. The summed E-state index contributed by atoms with van der Waals surface area (Å²) < 4.78 is 1.78. The van der Waals surface area contributed by atoms with Crippen molar-refractivity contribution in [2.45, 2.75) is 13.5 Å². The van der Waals surface area contributed by atoms with Crippen LogP contribution < -0.4 is 4.90 Å². The number of pyridine rings is 1. The van der Waals surface area contributed by atoms with E-state index in [1.54, 1.807) is 16.9 Å². The molecule has 2 aromatic heterocycles. The number of carbonyl (C=O) groups is 1. The number of carbonyl (C=O) groups excluding carboxylic acids is 1. The molecule has 0 amide bonds. The highest BCUT2D eigenvalue weighted by Crippen LogP contribution is 2.14. The maximum Gasteiger partial charge on any atom is 0.178 e. The molecule has 18 heavy (non-hydrogen) atoms. The average molecular weight is 244 g/mol. The second-order valence-electron chi connectivity index (χ2n) is 4.34. The SMILES string of the molecule is CC(=O)c1ccc(N(C)Cc2cnn(C)c2)cn1. The highest BCUT2D eigenvalue weighted by atomic mass is 16.1. The van der Waals surface area contributed by atoms with E-state index in [-0.39, 0.29) is 5.78 Å². The van der Waals surface area contributed by atoms with Crippen molar-refractivity contribution >= 4 is 11.5 Å². The van der Waals surface area contributed by atoms with Gasteiger partial charge >= 0.3 is 0 Å². The van der Waals surface area contributed by atoms with Crippen LogP contribution in [0, 0.1) is 0 Å². The van der Waals surface area contributed by atoms with Crippen LogP contribution in [-0.2, 0) is 13.6 Å². The van der Waals surface area contributed by atoms with E-state index in [4.69, 9.17) is 0 Å². The fourth-order valence-corrected chi connectivity index (χ4v) is 1.74. The summed E-state index contributed by atoms with van der Waals surface area (Å²) >= 11 is 0. The predicted molar refractivity (Wildman–Crippen MR) is 69.6 cm³/mol. The van der Waals surface area contributed by atoms with Crippen LogP contribution in [-0.4, -0.2) is 27.6 Å². The maximum absolute atomic E-state index is 11.1. The Morgan fingerprint density at radius 1 is 1.39 bits per heavy atom. The number of aryl methyl sites for hydroxylation is 1. The van der Waals surface area contributed by atoms with Gasteiger partial charge in [0, 0.05) is 39.3 Å². The van der Waals surface area contributed by atoms with E-state index in [1.165, 1.54) is 6.92 Å². The number of hydrogen-bond acceptors (Lipinski definition) is 4. The number of hydrogen-bond donors (Lipinski definition) is 0. The van der Waals surface area contributed by atoms with Gasteiger partial charge in [0.1, 0.15) is 5.69 Å². The number of Topliss-reactive ketones (excluding diaryl/α,β-unsaturated/α-hetero) is 1. The minimum Gasteiger partial charge on any atom is -0.369 e. The molecular formula is C13H16N4O. The van der Waals surface area contributed by atoms with Crippen molar-refractivity contribution in [3.8, 4) is 0 Å². The fraction of sp³-hybridized carbons (Fsp3) is 0.308. The van der Waals surface area contributed by atoms with Crippen LogP contribution in [0.5, 0.6) is 0 Å². The normalized spacial score (nSPS) is 10.4. The molecule has 0 fully saturated rings. The summed E-state index contributed by atoms with van der Waals surface area (Å²) in [5.74, 6) is -0.0172. The number of nitrogens with zero attached hydrogens (tertiary/aromatic N) is 4. The fourth-order valence-electron chi connectivity index (χ4n) is 1.74. The second-order valence-corrected chi connectivity index (χ2v) is 4.34. The third-order valence-electron chi connectivity index (χ3n) is 2.73. The van der Waals surface area contributed by atoms with Crippen molar-refractivity contribution in [3.05, 3.63) is 42.0 Å². The van der Waals surface area contributed by atoms with E-state index in [0.29, 0.717) is 5.69 Å². The lowest BCUT2D eigenvalue weighted by Gasteiger charge is -2.17. The highest BCUT2D eigenvalue weighted by Gasteiger charge is 2.06. The van der Waals surface area contributed by atoms with Crippen molar-refractivity contribution in [2.75, 3.05) is 11.9 Å². The third kappa shape index (κ3) is 2.74. The summed E-state index contributed by atoms with van der Waals surface area (Å²) in [6.07, 6.45) is 5.54. The Labute approximate surface area is 106 Å². The predicted octanol–water partition coefficient (Wildman–Crippen LogP) is 1.65. The topological polar surface area (TPSA) is 51.0 Å². The molecule has 94 valence electrons. The maximum atomic E-state index is 11.1. The van der Waals surface area contributed by atoms with Gasteiger partial charge < -0.3 is 4.90 Å². The molecule has 2 heterocycles. The van der Waals surface area contributed by atoms with Crippen LogP contribution in [0.3, 0.4) is 0 Å². The van der Waals surface area contributed by atoms with E-state index in [9.17, 15) is 4.79 Å². The zero-order valence-electron chi connectivity index (χ0n) is 10.8. The van der Waals surface area contributed by atoms with Crippen LogP contribution in [0.1, 0.15) is 23.0 Å². The van der Waals surface area contributed by atoms with Crippen molar-refractivity contribution in [3.63, 3.8) is 0 Å². The van der Waals surface area contributed by atoms with E-state index >= 15 is 0 Å². The number of aromatic nitrogens is 3. The minimum atomic E-state index is -0.0172. The van der Waals surface area contributed by atoms with E-state index < -0.39 is 0 Å². The smallest absolute Gasteiger partial charge is 0.178 e. The molecule has 0 radical (unpaired) electrons. The number of anilines is 1. The van der Waals surface area contributed by atoms with Crippen LogP contribution in [0.25, 0.3) is 0 Å². The summed E-state index contributed by atoms with van der Waals surface area (Å²) in [4.78, 5) is 17.3. The number of ketones is 1. The summed E-state index contributed by atoms with van der Waals surface area (Å²) in [5.41, 5.74) is 2.60. The van der Waals surface area contributed by atoms with Gasteiger partial charge in [0.25, 0.3) is 0 Å². The lowest BCUT2D eigenvalue weighted by atomic mass is 10.2. The van der Waals surface area contributed by atoms with E-state index in [0.717, 1.165) is 17.8 Å². The molecule has 0 atom stereocenters. The summed E-state index contributed by atoms with van der Waals surface area (Å²) in [6.45, 7) is 2.27. The third-order valence-corrected chi connectivity index (χ3v) is 2.73. The molecule has 0 spiro atoms. The first-order chi connectivity index (χ1) is 8.56. The Morgan fingerprint density at radius 2 is 2.17 bits per heavy atom. The van der Waals surface area contributed by atoms with Crippen molar-refractivity contribution in [2.24, 2.45) is 7.05 Å². The molecular weight excluding hydrogens is 228 g/mol. The van der Waals surface area contributed by atoms with Crippen LogP contribution in [0.2, 0.25) is 0 Å². The molecule has 5 heteroatoms. The van der Waals surface area contributed by atoms with Gasteiger partial charge in [0.2, 0.25) is 0 Å². The van der Waals surface area contributed by atoms with Crippen molar-refractivity contribution in [1.29, 1.82) is 0 Å². The Balaban J connectivity index is 2.09. The van der Waals surface area contributed by atoms with Crippen LogP contribution in [0.15, 0.2) is 30.7 Å². The molecule has 0 aliphatic carbocycles. The van der Waals surface area contributed by atoms with Crippen LogP contribution in [0.4, 0.5) is 5.69 Å². The average Bonchev–Trinajstić information content (AvgIpc) is 2.75. The molecule has 2 rings (SSSR count). The first kappa shape index (κ1) is 12.3. The van der Waals surface area contributed by atoms with Gasteiger partial charge in [-0.15, -0.1) is 0 Å². The minimum absolute atomic E-state index is 0.0172. The first-order valence-corrected chi connectivity index (χ1v) is 5.72. The lowest BCUT2D eigenvalue weighted by molar-refractivity contribution is 0.101. The molecule has 0 saturated heterocycles. The summed E-state index contributed by atoms with van der Waals surface area (Å²) in [6, 6.07) is 3.65. The highest BCUT2D eigenvalue weighted by molar-refractivity contribution is 5.92. The monoisotopic (exact) mass is 244 g/mol. The zero-order chi connectivity index (χ0) is 13.1. The Bertz CT molecular complexity index is 544. The molecule has 0 aromatic carbocycles. The molecule has 2 aromatic rings. The van der Waals surface area contributed by atoms with Gasteiger partial charge in [-0.2, -0.15) is 5.10 Å². The van der Waals surface area contributed by atoms with Gasteiger partial charge in [-0.05, 0) is 12.1 Å². The van der Waals surface area contributed by atoms with Crippen molar-refractivity contribution in [1.82, 2.24) is 14.8 Å². The Hall–Kier alpha value is -2.17. The molecule has 5 nitrogen and oxygen atoms in total. The molecule has 0 N–H and O–H groups in total. The van der Waals surface area contributed by atoms with Crippen LogP contribution >= 0.6 is 0 Å². The van der Waals surface area contributed by atoms with Gasteiger partial charge in [0.15, 0.2) is 5.78 Å². The summed E-state index contributed by atoms with van der Waals surface area (Å²) in [7, 11) is 3.88. The molecule has 0 aliphatic heterocycles. The van der Waals surface area contributed by atoms with E-state index in [1.807, 2.05) is 32.6 Å². The van der Waals surface area contributed by atoms with E-state index in [2.05, 4.69) is 15.0 Å². The van der Waals surface area contributed by atoms with Crippen molar-refractivity contribution < 1.29 is 4.79 Å². The zero-order valence-corrected chi connectivity index (χ0v) is 10.8. The number of rotatable bonds is 4. The lowest BCUT2D eigenvalue weighted by Crippen LogP contribution is -2.16. The van der Waals surface area contributed by atoms with Gasteiger partial charge in [-0.1, -0.05) is 0 Å². The Morgan fingerprint density at radius 3 is 2.67 bits per heavy atom. The summed E-state index contributed by atoms with van der Waals surface area (Å²) in [5, 5.41) is 4.13. The van der Waals surface area contributed by atoms with Gasteiger partial charge in [-0.25, -0.2) is 0 Å². The Kier molecular flexibility index (Phi) is 3.41.